The molecular formula is C14H13BrN4O. The van der Waals surface area contributed by atoms with Gasteiger partial charge in [-0.05, 0) is 36.8 Å². The van der Waals surface area contributed by atoms with Crippen LogP contribution >= 0.6 is 15.9 Å². The fourth-order valence-corrected chi connectivity index (χ4v) is 2.04. The van der Waals surface area contributed by atoms with E-state index in [1.165, 1.54) is 6.07 Å². The molecule has 0 aliphatic rings. The first-order valence-corrected chi connectivity index (χ1v) is 6.62. The lowest BCUT2D eigenvalue weighted by Crippen LogP contribution is -2.17. The fraction of sp³-hybridized carbons (Fsp3) is 0.0714. The minimum absolute atomic E-state index is 0.0139. The lowest BCUT2D eigenvalue weighted by Gasteiger charge is -2.06. The first-order valence-electron chi connectivity index (χ1n) is 5.82. The maximum Gasteiger partial charge on any atom is 0.173 e. The molecule has 1 aromatic heterocycles. The van der Waals surface area contributed by atoms with Crippen molar-refractivity contribution < 1.29 is 5.11 Å². The van der Waals surface area contributed by atoms with Gasteiger partial charge < -0.3 is 10.8 Å². The highest BCUT2D eigenvalue weighted by Crippen LogP contribution is 2.21. The Morgan fingerprint density at radius 3 is 2.85 bits per heavy atom. The molecule has 0 spiro atoms. The van der Waals surface area contributed by atoms with Crippen molar-refractivity contribution in [1.82, 2.24) is 4.98 Å². The molecule has 6 heteroatoms. The van der Waals surface area contributed by atoms with Gasteiger partial charge in [-0.2, -0.15) is 0 Å². The molecule has 20 heavy (non-hydrogen) atoms. The Kier molecular flexibility index (Phi) is 4.14. The third kappa shape index (κ3) is 3.03. The summed E-state index contributed by atoms with van der Waals surface area (Å²) in [6.45, 7) is 1.85. The summed E-state index contributed by atoms with van der Waals surface area (Å²) in [6, 6.07) is 8.49. The number of phenolic OH excluding ortho intramolecular Hbond substituents is 1. The molecule has 0 radical (unpaired) electrons. The van der Waals surface area contributed by atoms with Crippen LogP contribution in [0.2, 0.25) is 0 Å². The van der Waals surface area contributed by atoms with Crippen molar-refractivity contribution in [3.63, 3.8) is 0 Å². The van der Waals surface area contributed by atoms with Crippen molar-refractivity contribution in [3.8, 4) is 5.75 Å². The highest BCUT2D eigenvalue weighted by molar-refractivity contribution is 9.10. The zero-order chi connectivity index (χ0) is 14.7. The number of amidine groups is 2. The van der Waals surface area contributed by atoms with Crippen LogP contribution in [0.4, 0.5) is 0 Å². The molecule has 0 aliphatic carbocycles. The summed E-state index contributed by atoms with van der Waals surface area (Å²) in [7, 11) is 0. The lowest BCUT2D eigenvalue weighted by molar-refractivity contribution is 0.474. The zero-order valence-electron chi connectivity index (χ0n) is 10.8. The predicted octanol–water partition coefficient (Wildman–Crippen LogP) is 2.59. The maximum absolute atomic E-state index is 9.78. The molecule has 5 nitrogen and oxygen atoms in total. The highest BCUT2D eigenvalue weighted by atomic mass is 79.9. The fourth-order valence-electron chi connectivity index (χ4n) is 1.68. The Balaban J connectivity index is 2.38. The zero-order valence-corrected chi connectivity index (χ0v) is 12.3. The van der Waals surface area contributed by atoms with Crippen molar-refractivity contribution in [1.29, 1.82) is 5.41 Å². The molecule has 1 aromatic carbocycles. The average Bonchev–Trinajstić information content (AvgIpc) is 2.41. The number of nitrogens with zero attached hydrogens (tertiary/aromatic N) is 2. The summed E-state index contributed by atoms with van der Waals surface area (Å²) in [5.41, 5.74) is 7.53. The quantitative estimate of drug-likeness (QED) is 0.582. The van der Waals surface area contributed by atoms with E-state index in [1.807, 2.05) is 13.0 Å². The number of aromatic hydroxyl groups is 1. The minimum Gasteiger partial charge on any atom is -0.507 e. The Morgan fingerprint density at radius 2 is 2.15 bits per heavy atom. The van der Waals surface area contributed by atoms with Crippen LogP contribution in [0.15, 0.2) is 46.0 Å². The third-order valence-electron chi connectivity index (χ3n) is 2.70. The number of aryl methyl sites for hydroxylation is 1. The first-order chi connectivity index (χ1) is 9.49. The molecule has 0 unspecified atom stereocenters. The highest BCUT2D eigenvalue weighted by Gasteiger charge is 2.10. The molecule has 0 saturated carbocycles. The number of aromatic nitrogens is 1. The SMILES string of the molecule is Cc1cccnc1C(=N)N=C(N)c1cc(Br)ccc1O. The molecule has 2 aromatic rings. The van der Waals surface area contributed by atoms with E-state index in [-0.39, 0.29) is 17.4 Å². The molecule has 0 fully saturated rings. The Morgan fingerprint density at radius 1 is 1.40 bits per heavy atom. The number of nitrogens with one attached hydrogen (secondary N) is 1. The topological polar surface area (TPSA) is 95.4 Å². The van der Waals surface area contributed by atoms with Crippen LogP contribution in [0.1, 0.15) is 16.8 Å². The van der Waals surface area contributed by atoms with Gasteiger partial charge in [0.2, 0.25) is 0 Å². The van der Waals surface area contributed by atoms with E-state index in [9.17, 15) is 5.11 Å². The molecule has 0 bridgehead atoms. The van der Waals surface area contributed by atoms with Crippen LogP contribution in [-0.4, -0.2) is 21.8 Å². The van der Waals surface area contributed by atoms with E-state index in [4.69, 9.17) is 11.1 Å². The number of phenols is 1. The minimum atomic E-state index is -0.0417. The summed E-state index contributed by atoms with van der Waals surface area (Å²) in [4.78, 5) is 8.12. The number of rotatable bonds is 2. The van der Waals surface area contributed by atoms with Crippen molar-refractivity contribution >= 4 is 27.6 Å². The van der Waals surface area contributed by atoms with Gasteiger partial charge in [-0.15, -0.1) is 0 Å². The number of hydrogen-bond donors (Lipinski definition) is 3. The summed E-state index contributed by atoms with van der Waals surface area (Å²) < 4.78 is 0.768. The van der Waals surface area contributed by atoms with Crippen molar-refractivity contribution in [2.75, 3.05) is 0 Å². The molecule has 102 valence electrons. The average molecular weight is 333 g/mol. The molecule has 2 rings (SSSR count). The normalized spacial score (nSPS) is 11.4. The van der Waals surface area contributed by atoms with E-state index < -0.39 is 0 Å². The van der Waals surface area contributed by atoms with Gasteiger partial charge in [-0.3, -0.25) is 10.4 Å². The van der Waals surface area contributed by atoms with E-state index in [0.717, 1.165) is 10.0 Å². The number of benzene rings is 1. The van der Waals surface area contributed by atoms with Gasteiger partial charge >= 0.3 is 0 Å². The number of halogens is 1. The molecule has 4 N–H and O–H groups in total. The predicted molar refractivity (Wildman–Crippen MR) is 82.3 cm³/mol. The smallest absolute Gasteiger partial charge is 0.173 e. The molecule has 0 atom stereocenters. The van der Waals surface area contributed by atoms with Crippen molar-refractivity contribution in [2.24, 2.45) is 10.7 Å². The molecule has 1 heterocycles. The summed E-state index contributed by atoms with van der Waals surface area (Å²) in [6.07, 6.45) is 1.60. The maximum atomic E-state index is 9.78. The second-order valence-electron chi connectivity index (χ2n) is 4.18. The van der Waals surface area contributed by atoms with E-state index in [1.54, 1.807) is 24.4 Å². The van der Waals surface area contributed by atoms with Gasteiger partial charge in [-0.25, -0.2) is 4.99 Å². The van der Waals surface area contributed by atoms with E-state index in [2.05, 4.69) is 25.9 Å². The second-order valence-corrected chi connectivity index (χ2v) is 5.09. The van der Waals surface area contributed by atoms with Crippen LogP contribution in [0, 0.1) is 12.3 Å². The van der Waals surface area contributed by atoms with Gasteiger partial charge in [0.1, 0.15) is 17.3 Å². The molecule has 0 saturated heterocycles. The van der Waals surface area contributed by atoms with Gasteiger partial charge in [0.25, 0.3) is 0 Å². The van der Waals surface area contributed by atoms with Crippen LogP contribution in [0.3, 0.4) is 0 Å². The van der Waals surface area contributed by atoms with Crippen LogP contribution in [0.5, 0.6) is 5.75 Å². The standard InChI is InChI=1S/C14H13BrN4O/c1-8-3-2-6-18-12(8)14(17)19-13(16)10-7-9(15)4-5-11(10)20/h2-7,20H,1H3,(H3,16,17,19). The van der Waals surface area contributed by atoms with Crippen LogP contribution in [0.25, 0.3) is 0 Å². The van der Waals surface area contributed by atoms with Crippen LogP contribution in [-0.2, 0) is 0 Å². The number of aliphatic imine (C=N–C) groups is 1. The number of nitrogens with two attached hydrogens (primary N) is 1. The third-order valence-corrected chi connectivity index (χ3v) is 3.19. The number of pyridine rings is 1. The Bertz CT molecular complexity index is 697. The summed E-state index contributed by atoms with van der Waals surface area (Å²) in [5, 5.41) is 17.7. The second kappa shape index (κ2) is 5.83. The van der Waals surface area contributed by atoms with Crippen LogP contribution < -0.4 is 5.73 Å². The molecular weight excluding hydrogens is 320 g/mol. The van der Waals surface area contributed by atoms with Gasteiger partial charge in [0, 0.05) is 10.7 Å². The van der Waals surface area contributed by atoms with Gasteiger partial charge in [0.15, 0.2) is 5.84 Å². The first kappa shape index (κ1) is 14.2. The summed E-state index contributed by atoms with van der Waals surface area (Å²) in [5.74, 6) is 0.0406. The monoisotopic (exact) mass is 332 g/mol. The lowest BCUT2D eigenvalue weighted by atomic mass is 10.1. The number of hydrogen-bond acceptors (Lipinski definition) is 3. The van der Waals surface area contributed by atoms with Crippen molar-refractivity contribution in [3.05, 3.63) is 57.8 Å². The van der Waals surface area contributed by atoms with Crippen molar-refractivity contribution in [2.45, 2.75) is 6.92 Å². The molecule has 0 aliphatic heterocycles. The molecule has 0 amide bonds. The Labute approximate surface area is 124 Å². The van der Waals surface area contributed by atoms with E-state index >= 15 is 0 Å². The largest absolute Gasteiger partial charge is 0.507 e. The summed E-state index contributed by atoms with van der Waals surface area (Å²) >= 11 is 3.30. The van der Waals surface area contributed by atoms with Gasteiger partial charge in [0.05, 0.1) is 5.56 Å². The van der Waals surface area contributed by atoms with E-state index in [0.29, 0.717) is 11.3 Å². The Hall–Kier alpha value is -2.21. The van der Waals surface area contributed by atoms with Gasteiger partial charge in [-0.1, -0.05) is 22.0 Å².